The third-order valence-corrected chi connectivity index (χ3v) is 5.42. The van der Waals surface area contributed by atoms with Crippen molar-refractivity contribution in [3.05, 3.63) is 40.7 Å². The summed E-state index contributed by atoms with van der Waals surface area (Å²) < 4.78 is 5.10. The molecule has 2 heterocycles. The Balaban J connectivity index is 1.62. The topological polar surface area (TPSA) is 79.9 Å². The molecule has 2 N–H and O–H groups in total. The van der Waals surface area contributed by atoms with Crippen LogP contribution in [-0.2, 0) is 4.79 Å². The van der Waals surface area contributed by atoms with Crippen LogP contribution in [0.3, 0.4) is 0 Å². The SMILES string of the molecule is COc1ccc(NC(=O)[C@H](C)Sc2n[nH]c(-c3cccs3)n2)cc1Cl. The van der Waals surface area contributed by atoms with Gasteiger partial charge in [-0.25, -0.2) is 4.98 Å². The number of aromatic nitrogens is 3. The van der Waals surface area contributed by atoms with E-state index in [0.717, 1.165) is 4.88 Å². The second-order valence-electron chi connectivity index (χ2n) is 5.04. The molecule has 3 rings (SSSR count). The third kappa shape index (κ3) is 4.33. The summed E-state index contributed by atoms with van der Waals surface area (Å²) >= 11 is 8.93. The first kappa shape index (κ1) is 17.8. The molecule has 0 spiro atoms. The van der Waals surface area contributed by atoms with Crippen molar-refractivity contribution >= 4 is 46.3 Å². The number of halogens is 1. The highest BCUT2D eigenvalue weighted by atomic mass is 35.5. The van der Waals surface area contributed by atoms with Gasteiger partial charge in [0.1, 0.15) is 5.75 Å². The van der Waals surface area contributed by atoms with Crippen molar-refractivity contribution in [3.8, 4) is 16.5 Å². The van der Waals surface area contributed by atoms with Gasteiger partial charge in [0.15, 0.2) is 5.82 Å². The molecule has 3 aromatic rings. The minimum absolute atomic E-state index is 0.159. The van der Waals surface area contributed by atoms with E-state index in [1.807, 2.05) is 17.5 Å². The predicted molar refractivity (Wildman–Crippen MR) is 102 cm³/mol. The number of carbonyl (C=O) groups excluding carboxylic acids is 1. The standard InChI is InChI=1S/C16H15ClN4O2S2/c1-9(15(22)18-10-5-6-12(23-2)11(17)8-10)25-16-19-14(20-21-16)13-4-3-7-24-13/h3-9H,1-2H3,(H,18,22)(H,19,20,21)/t9-/m0/s1. The number of aromatic amines is 1. The largest absolute Gasteiger partial charge is 0.495 e. The number of nitrogens with one attached hydrogen (secondary N) is 2. The molecule has 0 unspecified atom stereocenters. The molecule has 0 saturated carbocycles. The number of nitrogens with zero attached hydrogens (tertiary/aromatic N) is 2. The Hall–Kier alpha value is -2.03. The molecule has 0 aliphatic heterocycles. The van der Waals surface area contributed by atoms with Crippen molar-refractivity contribution in [3.63, 3.8) is 0 Å². The van der Waals surface area contributed by atoms with E-state index in [0.29, 0.717) is 27.4 Å². The van der Waals surface area contributed by atoms with Crippen LogP contribution in [0.2, 0.25) is 5.02 Å². The Bertz CT molecular complexity index is 867. The minimum Gasteiger partial charge on any atom is -0.495 e. The first-order valence-corrected chi connectivity index (χ1v) is 9.48. The van der Waals surface area contributed by atoms with E-state index in [-0.39, 0.29) is 11.2 Å². The molecule has 130 valence electrons. The second-order valence-corrected chi connectivity index (χ2v) is 7.71. The maximum Gasteiger partial charge on any atom is 0.237 e. The Morgan fingerprint density at radius 1 is 1.44 bits per heavy atom. The average molecular weight is 395 g/mol. The van der Waals surface area contributed by atoms with Gasteiger partial charge >= 0.3 is 0 Å². The van der Waals surface area contributed by atoms with Gasteiger partial charge in [-0.05, 0) is 36.6 Å². The smallest absolute Gasteiger partial charge is 0.237 e. The van der Waals surface area contributed by atoms with Gasteiger partial charge in [0, 0.05) is 5.69 Å². The number of anilines is 1. The molecule has 2 aromatic heterocycles. The first-order valence-electron chi connectivity index (χ1n) is 7.34. The highest BCUT2D eigenvalue weighted by molar-refractivity contribution is 8.00. The Kier molecular flexibility index (Phi) is 5.62. The van der Waals surface area contributed by atoms with Crippen LogP contribution in [0.1, 0.15) is 6.92 Å². The maximum absolute atomic E-state index is 12.3. The molecule has 0 radical (unpaired) electrons. The quantitative estimate of drug-likeness (QED) is 0.609. The number of hydrogen-bond acceptors (Lipinski definition) is 6. The van der Waals surface area contributed by atoms with Crippen LogP contribution in [0, 0.1) is 0 Å². The monoisotopic (exact) mass is 394 g/mol. The Morgan fingerprint density at radius 2 is 2.28 bits per heavy atom. The lowest BCUT2D eigenvalue weighted by atomic mass is 10.3. The van der Waals surface area contributed by atoms with Crippen LogP contribution < -0.4 is 10.1 Å². The summed E-state index contributed by atoms with van der Waals surface area (Å²) in [5.41, 5.74) is 0.609. The number of amides is 1. The number of ether oxygens (including phenoxy) is 1. The Labute approximate surface area is 158 Å². The summed E-state index contributed by atoms with van der Waals surface area (Å²) in [6, 6.07) is 9.01. The van der Waals surface area contributed by atoms with Crippen molar-refractivity contribution in [1.29, 1.82) is 0 Å². The summed E-state index contributed by atoms with van der Waals surface area (Å²) in [6.07, 6.45) is 0. The zero-order valence-corrected chi connectivity index (χ0v) is 15.8. The summed E-state index contributed by atoms with van der Waals surface area (Å²) in [5.74, 6) is 1.10. The highest BCUT2D eigenvalue weighted by Gasteiger charge is 2.18. The van der Waals surface area contributed by atoms with Gasteiger partial charge in [0.2, 0.25) is 11.1 Å². The van der Waals surface area contributed by atoms with Crippen LogP contribution in [0.4, 0.5) is 5.69 Å². The van der Waals surface area contributed by atoms with Crippen LogP contribution in [-0.4, -0.2) is 33.4 Å². The molecular formula is C16H15ClN4O2S2. The van der Waals surface area contributed by atoms with Crippen molar-refractivity contribution < 1.29 is 9.53 Å². The van der Waals surface area contributed by atoms with Gasteiger partial charge in [-0.15, -0.1) is 16.4 Å². The van der Waals surface area contributed by atoms with E-state index < -0.39 is 0 Å². The fraction of sp³-hybridized carbons (Fsp3) is 0.188. The summed E-state index contributed by atoms with van der Waals surface area (Å²) in [6.45, 7) is 1.80. The molecule has 6 nitrogen and oxygen atoms in total. The van der Waals surface area contributed by atoms with Crippen molar-refractivity contribution in [2.45, 2.75) is 17.3 Å². The van der Waals surface area contributed by atoms with Crippen LogP contribution in [0.15, 0.2) is 40.9 Å². The van der Waals surface area contributed by atoms with Crippen molar-refractivity contribution in [2.75, 3.05) is 12.4 Å². The van der Waals surface area contributed by atoms with Crippen molar-refractivity contribution in [2.24, 2.45) is 0 Å². The molecule has 25 heavy (non-hydrogen) atoms. The first-order chi connectivity index (χ1) is 12.1. The van der Waals surface area contributed by atoms with Gasteiger partial charge in [0.25, 0.3) is 0 Å². The molecule has 0 saturated heterocycles. The number of methoxy groups -OCH3 is 1. The van der Waals surface area contributed by atoms with Crippen LogP contribution >= 0.6 is 34.7 Å². The lowest BCUT2D eigenvalue weighted by Gasteiger charge is -2.11. The summed E-state index contributed by atoms with van der Waals surface area (Å²) in [7, 11) is 1.54. The summed E-state index contributed by atoms with van der Waals surface area (Å²) in [4.78, 5) is 17.8. The molecule has 1 atom stereocenters. The molecule has 1 aromatic carbocycles. The second kappa shape index (κ2) is 7.90. The number of hydrogen-bond donors (Lipinski definition) is 2. The van der Waals surface area contributed by atoms with Crippen molar-refractivity contribution in [1.82, 2.24) is 15.2 Å². The highest BCUT2D eigenvalue weighted by Crippen LogP contribution is 2.29. The number of thioether (sulfide) groups is 1. The maximum atomic E-state index is 12.3. The van der Waals surface area contributed by atoms with E-state index in [4.69, 9.17) is 16.3 Å². The molecule has 0 aliphatic carbocycles. The minimum atomic E-state index is -0.368. The van der Waals surface area contributed by atoms with Gasteiger partial charge in [-0.3, -0.25) is 9.89 Å². The van der Waals surface area contributed by atoms with Gasteiger partial charge in [0.05, 0.1) is 22.3 Å². The number of H-pyrrole nitrogens is 1. The van der Waals surface area contributed by atoms with Crippen LogP contribution in [0.25, 0.3) is 10.7 Å². The molecule has 1 amide bonds. The van der Waals surface area contributed by atoms with Gasteiger partial charge in [-0.1, -0.05) is 29.4 Å². The van der Waals surface area contributed by atoms with E-state index in [1.54, 1.807) is 43.6 Å². The zero-order valence-electron chi connectivity index (χ0n) is 13.4. The molecule has 0 bridgehead atoms. The molecular weight excluding hydrogens is 380 g/mol. The summed E-state index contributed by atoms with van der Waals surface area (Å²) in [5, 5.41) is 12.4. The third-order valence-electron chi connectivity index (χ3n) is 3.29. The lowest BCUT2D eigenvalue weighted by Crippen LogP contribution is -2.22. The average Bonchev–Trinajstić information content (AvgIpc) is 3.26. The number of carbonyl (C=O) groups is 1. The zero-order chi connectivity index (χ0) is 17.8. The molecule has 9 heteroatoms. The molecule has 0 fully saturated rings. The number of thiophene rings is 1. The number of rotatable bonds is 6. The van der Waals surface area contributed by atoms with E-state index in [9.17, 15) is 4.79 Å². The Morgan fingerprint density at radius 3 is 2.96 bits per heavy atom. The normalized spacial score (nSPS) is 12.0. The van der Waals surface area contributed by atoms with Gasteiger partial charge < -0.3 is 10.1 Å². The predicted octanol–water partition coefficient (Wildman–Crippen LogP) is 4.31. The van der Waals surface area contributed by atoms with E-state index in [2.05, 4.69) is 20.5 Å². The van der Waals surface area contributed by atoms with Crippen LogP contribution in [0.5, 0.6) is 5.75 Å². The van der Waals surface area contributed by atoms with Gasteiger partial charge in [-0.2, -0.15) is 0 Å². The lowest BCUT2D eigenvalue weighted by molar-refractivity contribution is -0.115. The molecule has 0 aliphatic rings. The number of benzene rings is 1. The fourth-order valence-corrected chi connectivity index (χ4v) is 3.67. The fourth-order valence-electron chi connectivity index (χ4n) is 2.02. The van der Waals surface area contributed by atoms with E-state index >= 15 is 0 Å². The van der Waals surface area contributed by atoms with E-state index in [1.165, 1.54) is 11.8 Å².